The molecule has 3 rings (SSSR count). The molecule has 2 aromatic rings. The van der Waals surface area contributed by atoms with E-state index < -0.39 is 5.97 Å². The standard InChI is InChI=1S/C18H17NO3S/c1-11-3-5-13(6-4-11)17-19(16(20)10-23-17)15-8-7-14(18(21)22)9-12(15)2/h3-9,17H,10H2,1-2H3,(H,21,22). The summed E-state index contributed by atoms with van der Waals surface area (Å²) >= 11 is 1.59. The van der Waals surface area contributed by atoms with Gasteiger partial charge in [0.15, 0.2) is 0 Å². The molecule has 0 bridgehead atoms. The fourth-order valence-electron chi connectivity index (χ4n) is 2.72. The Labute approximate surface area is 139 Å². The minimum Gasteiger partial charge on any atom is -0.478 e. The molecule has 0 radical (unpaired) electrons. The summed E-state index contributed by atoms with van der Waals surface area (Å²) in [6.07, 6.45) is 0. The Morgan fingerprint density at radius 2 is 1.87 bits per heavy atom. The fourth-order valence-corrected chi connectivity index (χ4v) is 3.89. The molecule has 0 spiro atoms. The zero-order valence-electron chi connectivity index (χ0n) is 12.9. The van der Waals surface area contributed by atoms with E-state index >= 15 is 0 Å². The number of aryl methyl sites for hydroxylation is 2. The van der Waals surface area contributed by atoms with E-state index in [2.05, 4.69) is 0 Å². The van der Waals surface area contributed by atoms with Crippen molar-refractivity contribution in [2.45, 2.75) is 19.2 Å². The SMILES string of the molecule is Cc1ccc(C2SCC(=O)N2c2ccc(C(=O)O)cc2C)cc1. The lowest BCUT2D eigenvalue weighted by Gasteiger charge is -2.26. The summed E-state index contributed by atoms with van der Waals surface area (Å²) in [5.41, 5.74) is 4.05. The molecule has 1 heterocycles. The van der Waals surface area contributed by atoms with Crippen LogP contribution in [0.3, 0.4) is 0 Å². The molecule has 1 atom stereocenters. The maximum Gasteiger partial charge on any atom is 0.335 e. The minimum atomic E-state index is -0.961. The molecule has 1 unspecified atom stereocenters. The van der Waals surface area contributed by atoms with Gasteiger partial charge in [0, 0.05) is 5.69 Å². The van der Waals surface area contributed by atoms with E-state index in [1.165, 1.54) is 5.56 Å². The predicted molar refractivity (Wildman–Crippen MR) is 92.0 cm³/mol. The Balaban J connectivity index is 2.00. The molecule has 1 N–H and O–H groups in total. The predicted octanol–water partition coefficient (Wildman–Crippen LogP) is 3.78. The Morgan fingerprint density at radius 1 is 1.17 bits per heavy atom. The number of carboxylic acids is 1. The first-order chi connectivity index (χ1) is 11.0. The molecule has 2 aromatic carbocycles. The summed E-state index contributed by atoms with van der Waals surface area (Å²) in [4.78, 5) is 25.2. The molecule has 4 nitrogen and oxygen atoms in total. The summed E-state index contributed by atoms with van der Waals surface area (Å²) in [5.74, 6) is -0.484. The highest BCUT2D eigenvalue weighted by Gasteiger charge is 2.34. The highest BCUT2D eigenvalue weighted by atomic mass is 32.2. The van der Waals surface area contributed by atoms with Crippen LogP contribution in [0.1, 0.15) is 32.4 Å². The van der Waals surface area contributed by atoms with Crippen molar-refractivity contribution in [1.29, 1.82) is 0 Å². The van der Waals surface area contributed by atoms with Crippen LogP contribution >= 0.6 is 11.8 Å². The van der Waals surface area contributed by atoms with E-state index in [9.17, 15) is 9.59 Å². The molecule has 1 amide bonds. The van der Waals surface area contributed by atoms with Gasteiger partial charge in [-0.2, -0.15) is 0 Å². The molecular formula is C18H17NO3S. The van der Waals surface area contributed by atoms with Gasteiger partial charge in [-0.1, -0.05) is 29.8 Å². The number of carbonyl (C=O) groups is 2. The Morgan fingerprint density at radius 3 is 2.48 bits per heavy atom. The van der Waals surface area contributed by atoms with Crippen LogP contribution in [0.4, 0.5) is 5.69 Å². The monoisotopic (exact) mass is 327 g/mol. The summed E-state index contributed by atoms with van der Waals surface area (Å²) in [6.45, 7) is 3.87. The zero-order chi connectivity index (χ0) is 16.6. The number of amides is 1. The molecule has 118 valence electrons. The molecule has 0 aliphatic carbocycles. The van der Waals surface area contributed by atoms with Crippen LogP contribution in [0.5, 0.6) is 0 Å². The van der Waals surface area contributed by atoms with Crippen LogP contribution in [-0.2, 0) is 4.79 Å². The zero-order valence-corrected chi connectivity index (χ0v) is 13.8. The van der Waals surface area contributed by atoms with Crippen molar-refractivity contribution < 1.29 is 14.7 Å². The lowest BCUT2D eigenvalue weighted by molar-refractivity contribution is -0.115. The van der Waals surface area contributed by atoms with E-state index in [1.807, 2.05) is 38.1 Å². The number of carbonyl (C=O) groups excluding carboxylic acids is 1. The van der Waals surface area contributed by atoms with Crippen molar-refractivity contribution in [3.8, 4) is 0 Å². The van der Waals surface area contributed by atoms with Crippen molar-refractivity contribution in [2.24, 2.45) is 0 Å². The van der Waals surface area contributed by atoms with Gasteiger partial charge in [0.2, 0.25) is 5.91 Å². The van der Waals surface area contributed by atoms with Crippen LogP contribution in [0.2, 0.25) is 0 Å². The van der Waals surface area contributed by atoms with Crippen LogP contribution in [0.25, 0.3) is 0 Å². The van der Waals surface area contributed by atoms with Crippen molar-refractivity contribution in [1.82, 2.24) is 0 Å². The number of aromatic carboxylic acids is 1. The van der Waals surface area contributed by atoms with Gasteiger partial charge in [-0.05, 0) is 43.2 Å². The normalized spacial score (nSPS) is 17.6. The molecule has 1 saturated heterocycles. The van der Waals surface area contributed by atoms with Crippen molar-refractivity contribution in [2.75, 3.05) is 10.7 Å². The van der Waals surface area contributed by atoms with Gasteiger partial charge in [0.25, 0.3) is 0 Å². The number of hydrogen-bond acceptors (Lipinski definition) is 3. The van der Waals surface area contributed by atoms with Gasteiger partial charge in [-0.25, -0.2) is 4.79 Å². The molecule has 1 aliphatic rings. The summed E-state index contributed by atoms with van der Waals surface area (Å²) in [7, 11) is 0. The van der Waals surface area contributed by atoms with E-state index in [1.54, 1.807) is 34.9 Å². The van der Waals surface area contributed by atoms with E-state index in [0.29, 0.717) is 5.75 Å². The van der Waals surface area contributed by atoms with Gasteiger partial charge in [0.05, 0.1) is 11.3 Å². The van der Waals surface area contributed by atoms with Crippen LogP contribution in [0.15, 0.2) is 42.5 Å². The number of rotatable bonds is 3. The molecule has 1 aliphatic heterocycles. The Bertz CT molecular complexity index is 770. The topological polar surface area (TPSA) is 57.6 Å². The third-order valence-corrected chi connectivity index (χ3v) is 5.15. The second-order valence-corrected chi connectivity index (χ2v) is 6.71. The number of thioether (sulfide) groups is 1. The molecule has 1 fully saturated rings. The van der Waals surface area contributed by atoms with Gasteiger partial charge < -0.3 is 5.11 Å². The second-order valence-electron chi connectivity index (χ2n) is 5.64. The summed E-state index contributed by atoms with van der Waals surface area (Å²) in [5, 5.41) is 9.02. The molecule has 0 saturated carbocycles. The first-order valence-electron chi connectivity index (χ1n) is 7.31. The highest BCUT2D eigenvalue weighted by molar-refractivity contribution is 8.00. The number of carboxylic acid groups (broad SMARTS) is 1. The van der Waals surface area contributed by atoms with Crippen molar-refractivity contribution in [3.63, 3.8) is 0 Å². The third kappa shape index (κ3) is 2.97. The Hall–Kier alpha value is -2.27. The van der Waals surface area contributed by atoms with Gasteiger partial charge in [-0.3, -0.25) is 9.69 Å². The van der Waals surface area contributed by atoms with Crippen LogP contribution in [-0.4, -0.2) is 22.7 Å². The maximum atomic E-state index is 12.4. The third-order valence-electron chi connectivity index (χ3n) is 3.93. The first-order valence-corrected chi connectivity index (χ1v) is 8.36. The van der Waals surface area contributed by atoms with Gasteiger partial charge in [0.1, 0.15) is 5.37 Å². The first kappa shape index (κ1) is 15.6. The summed E-state index contributed by atoms with van der Waals surface area (Å²) in [6, 6.07) is 13.0. The fraction of sp³-hybridized carbons (Fsp3) is 0.222. The van der Waals surface area contributed by atoms with Crippen LogP contribution in [0, 0.1) is 13.8 Å². The van der Waals surface area contributed by atoms with Crippen molar-refractivity contribution >= 4 is 29.3 Å². The van der Waals surface area contributed by atoms with Gasteiger partial charge >= 0.3 is 5.97 Å². The van der Waals surface area contributed by atoms with E-state index in [0.717, 1.165) is 16.8 Å². The lowest BCUT2D eigenvalue weighted by atomic mass is 10.1. The van der Waals surface area contributed by atoms with Crippen LogP contribution < -0.4 is 4.90 Å². The average Bonchev–Trinajstić information content (AvgIpc) is 2.89. The number of nitrogens with zero attached hydrogens (tertiary/aromatic N) is 1. The summed E-state index contributed by atoms with van der Waals surface area (Å²) < 4.78 is 0. The largest absolute Gasteiger partial charge is 0.478 e. The lowest BCUT2D eigenvalue weighted by Crippen LogP contribution is -2.28. The molecule has 5 heteroatoms. The van der Waals surface area contributed by atoms with Gasteiger partial charge in [-0.15, -0.1) is 11.8 Å². The quantitative estimate of drug-likeness (QED) is 0.932. The van der Waals surface area contributed by atoms with E-state index in [-0.39, 0.29) is 16.8 Å². The Kier molecular flexibility index (Phi) is 4.13. The van der Waals surface area contributed by atoms with E-state index in [4.69, 9.17) is 5.11 Å². The second kappa shape index (κ2) is 6.08. The highest BCUT2D eigenvalue weighted by Crippen LogP contribution is 2.42. The number of anilines is 1. The minimum absolute atomic E-state index is 0.0479. The smallest absolute Gasteiger partial charge is 0.335 e. The molecular weight excluding hydrogens is 310 g/mol. The maximum absolute atomic E-state index is 12.4. The molecule has 23 heavy (non-hydrogen) atoms. The number of hydrogen-bond donors (Lipinski definition) is 1. The molecule has 0 aromatic heterocycles. The average molecular weight is 327 g/mol. The number of benzene rings is 2. The van der Waals surface area contributed by atoms with Crippen molar-refractivity contribution in [3.05, 3.63) is 64.7 Å².